The predicted octanol–water partition coefficient (Wildman–Crippen LogP) is 2.04. The van der Waals surface area contributed by atoms with Crippen molar-refractivity contribution in [3.8, 4) is 16.9 Å². The number of methoxy groups -OCH3 is 1. The maximum absolute atomic E-state index is 13.6. The molecule has 0 fully saturated rings. The molecule has 0 aliphatic carbocycles. The Morgan fingerprint density at radius 3 is 3.06 bits per heavy atom. The molecule has 17 heavy (non-hydrogen) atoms. The topological polar surface area (TPSA) is 47.3 Å². The Bertz CT molecular complexity index is 511. The van der Waals surface area contributed by atoms with Crippen molar-refractivity contribution in [2.24, 2.45) is 0 Å². The van der Waals surface area contributed by atoms with E-state index in [4.69, 9.17) is 4.74 Å². The van der Waals surface area contributed by atoms with Crippen LogP contribution in [0.3, 0.4) is 0 Å². The number of nitrogens with zero attached hydrogens (tertiary/aromatic N) is 2. The molecule has 0 amide bonds. The average Bonchev–Trinajstić information content (AvgIpc) is 2.78. The van der Waals surface area contributed by atoms with E-state index in [0.29, 0.717) is 24.3 Å². The number of benzene rings is 1. The molecule has 0 radical (unpaired) electrons. The summed E-state index contributed by atoms with van der Waals surface area (Å²) < 4.78 is 20.2. The number of aromatic nitrogens is 2. The molecule has 0 saturated heterocycles. The summed E-state index contributed by atoms with van der Waals surface area (Å²) in [5, 5.41) is 13.4. The van der Waals surface area contributed by atoms with Gasteiger partial charge in [-0.2, -0.15) is 5.10 Å². The number of phenols is 1. The van der Waals surface area contributed by atoms with E-state index >= 15 is 0 Å². The first kappa shape index (κ1) is 11.6. The lowest BCUT2D eigenvalue weighted by molar-refractivity contribution is 0.183. The van der Waals surface area contributed by atoms with E-state index < -0.39 is 5.82 Å². The summed E-state index contributed by atoms with van der Waals surface area (Å²) in [5.41, 5.74) is 0.975. The molecule has 1 aromatic heterocycles. The Morgan fingerprint density at radius 1 is 1.47 bits per heavy atom. The maximum atomic E-state index is 13.6. The van der Waals surface area contributed by atoms with E-state index in [-0.39, 0.29) is 5.75 Å². The number of halogens is 1. The number of hydrogen-bond donors (Lipinski definition) is 1. The van der Waals surface area contributed by atoms with Gasteiger partial charge in [-0.25, -0.2) is 4.39 Å². The minimum absolute atomic E-state index is 0.341. The fraction of sp³-hybridized carbons (Fsp3) is 0.250. The molecule has 4 nitrogen and oxygen atoms in total. The van der Waals surface area contributed by atoms with Crippen molar-refractivity contribution in [2.75, 3.05) is 13.7 Å². The van der Waals surface area contributed by atoms with Gasteiger partial charge in [0.1, 0.15) is 0 Å². The van der Waals surface area contributed by atoms with Gasteiger partial charge in [0.15, 0.2) is 11.6 Å². The summed E-state index contributed by atoms with van der Waals surface area (Å²) in [6, 6.07) is 4.52. The second-order valence-corrected chi connectivity index (χ2v) is 3.62. The van der Waals surface area contributed by atoms with E-state index in [2.05, 4.69) is 5.10 Å². The van der Waals surface area contributed by atoms with Crippen LogP contribution in [-0.4, -0.2) is 28.6 Å². The Kier molecular flexibility index (Phi) is 3.39. The zero-order valence-corrected chi connectivity index (χ0v) is 9.43. The third-order valence-electron chi connectivity index (χ3n) is 2.45. The molecule has 1 aromatic carbocycles. The molecule has 90 valence electrons. The Hall–Kier alpha value is -1.88. The first-order valence-corrected chi connectivity index (χ1v) is 5.21. The van der Waals surface area contributed by atoms with Crippen molar-refractivity contribution in [3.63, 3.8) is 0 Å². The number of aromatic hydroxyl groups is 1. The van der Waals surface area contributed by atoms with Crippen LogP contribution in [0.4, 0.5) is 4.39 Å². The number of rotatable bonds is 4. The highest BCUT2D eigenvalue weighted by atomic mass is 19.1. The molecule has 0 spiro atoms. The summed E-state index contributed by atoms with van der Waals surface area (Å²) in [5.74, 6) is -0.981. The SMILES string of the molecule is COCCn1cc(-c2cccc(O)c2F)cn1. The molecule has 0 unspecified atom stereocenters. The highest BCUT2D eigenvalue weighted by molar-refractivity contribution is 5.64. The van der Waals surface area contributed by atoms with Crippen molar-refractivity contribution >= 4 is 0 Å². The van der Waals surface area contributed by atoms with Gasteiger partial charge in [0.05, 0.1) is 19.3 Å². The molecule has 2 aromatic rings. The van der Waals surface area contributed by atoms with Crippen LogP contribution in [0, 0.1) is 5.82 Å². The summed E-state index contributed by atoms with van der Waals surface area (Å²) in [4.78, 5) is 0. The molecule has 0 saturated carbocycles. The van der Waals surface area contributed by atoms with Gasteiger partial charge < -0.3 is 9.84 Å². The molecule has 0 atom stereocenters. The maximum Gasteiger partial charge on any atom is 0.172 e. The highest BCUT2D eigenvalue weighted by Crippen LogP contribution is 2.27. The van der Waals surface area contributed by atoms with Gasteiger partial charge in [0.25, 0.3) is 0 Å². The average molecular weight is 236 g/mol. The smallest absolute Gasteiger partial charge is 0.172 e. The lowest BCUT2D eigenvalue weighted by atomic mass is 10.1. The van der Waals surface area contributed by atoms with Crippen molar-refractivity contribution in [1.82, 2.24) is 9.78 Å². The monoisotopic (exact) mass is 236 g/mol. The highest BCUT2D eigenvalue weighted by Gasteiger charge is 2.10. The van der Waals surface area contributed by atoms with E-state index in [1.54, 1.807) is 36.3 Å². The normalized spacial score (nSPS) is 10.7. The number of ether oxygens (including phenoxy) is 1. The fourth-order valence-corrected chi connectivity index (χ4v) is 1.55. The second-order valence-electron chi connectivity index (χ2n) is 3.62. The largest absolute Gasteiger partial charge is 0.505 e. The molecule has 0 aliphatic heterocycles. The Morgan fingerprint density at radius 2 is 2.29 bits per heavy atom. The summed E-state index contributed by atoms with van der Waals surface area (Å²) in [6.45, 7) is 1.15. The minimum Gasteiger partial charge on any atom is -0.505 e. The standard InChI is InChI=1S/C12H13FN2O2/c1-17-6-5-15-8-9(7-14-15)10-3-2-4-11(16)12(10)13/h2-4,7-8,16H,5-6H2,1H3. The van der Waals surface area contributed by atoms with Gasteiger partial charge in [-0.05, 0) is 6.07 Å². The number of hydrogen-bond acceptors (Lipinski definition) is 3. The van der Waals surface area contributed by atoms with Crippen LogP contribution in [0.15, 0.2) is 30.6 Å². The molecule has 1 heterocycles. The van der Waals surface area contributed by atoms with E-state index in [1.165, 1.54) is 6.07 Å². The zero-order valence-electron chi connectivity index (χ0n) is 9.43. The third-order valence-corrected chi connectivity index (χ3v) is 2.45. The summed E-state index contributed by atoms with van der Waals surface area (Å²) in [7, 11) is 1.61. The zero-order chi connectivity index (χ0) is 12.3. The number of phenolic OH excluding ortho intramolecular Hbond substituents is 1. The van der Waals surface area contributed by atoms with E-state index in [1.807, 2.05) is 0 Å². The lowest BCUT2D eigenvalue weighted by Crippen LogP contribution is -2.03. The molecular formula is C12H13FN2O2. The first-order valence-electron chi connectivity index (χ1n) is 5.21. The van der Waals surface area contributed by atoms with Crippen LogP contribution in [-0.2, 0) is 11.3 Å². The van der Waals surface area contributed by atoms with E-state index in [9.17, 15) is 9.50 Å². The summed E-state index contributed by atoms with van der Waals surface area (Å²) in [6.07, 6.45) is 3.28. The molecule has 2 rings (SSSR count). The second kappa shape index (κ2) is 4.97. The predicted molar refractivity (Wildman–Crippen MR) is 61.2 cm³/mol. The van der Waals surface area contributed by atoms with Gasteiger partial charge in [0, 0.05) is 24.4 Å². The van der Waals surface area contributed by atoms with Gasteiger partial charge in [0.2, 0.25) is 0 Å². The third kappa shape index (κ3) is 2.45. The van der Waals surface area contributed by atoms with Crippen molar-refractivity contribution in [1.29, 1.82) is 0 Å². The summed E-state index contributed by atoms with van der Waals surface area (Å²) >= 11 is 0. The van der Waals surface area contributed by atoms with Crippen LogP contribution < -0.4 is 0 Å². The van der Waals surface area contributed by atoms with Crippen molar-refractivity contribution in [3.05, 3.63) is 36.4 Å². The first-order chi connectivity index (χ1) is 8.22. The quantitative estimate of drug-likeness (QED) is 0.883. The molecular weight excluding hydrogens is 223 g/mol. The van der Waals surface area contributed by atoms with Gasteiger partial charge >= 0.3 is 0 Å². The van der Waals surface area contributed by atoms with Crippen LogP contribution in [0.2, 0.25) is 0 Å². The molecule has 0 aliphatic rings. The van der Waals surface area contributed by atoms with Crippen LogP contribution in [0.25, 0.3) is 11.1 Å². The molecule has 0 bridgehead atoms. The Labute approximate surface area is 98.3 Å². The lowest BCUT2D eigenvalue weighted by Gasteiger charge is -2.01. The van der Waals surface area contributed by atoms with Crippen LogP contribution in [0.1, 0.15) is 0 Å². The molecule has 1 N–H and O–H groups in total. The Balaban J connectivity index is 2.27. The van der Waals surface area contributed by atoms with Crippen molar-refractivity contribution in [2.45, 2.75) is 6.54 Å². The van der Waals surface area contributed by atoms with Crippen LogP contribution in [0.5, 0.6) is 5.75 Å². The van der Waals surface area contributed by atoms with E-state index in [0.717, 1.165) is 0 Å². The van der Waals surface area contributed by atoms with Crippen molar-refractivity contribution < 1.29 is 14.2 Å². The minimum atomic E-state index is -0.626. The molecule has 5 heteroatoms. The van der Waals surface area contributed by atoms with Gasteiger partial charge in [-0.1, -0.05) is 12.1 Å². The van der Waals surface area contributed by atoms with Gasteiger partial charge in [-0.3, -0.25) is 4.68 Å². The fourth-order valence-electron chi connectivity index (χ4n) is 1.55. The van der Waals surface area contributed by atoms with Gasteiger partial charge in [-0.15, -0.1) is 0 Å². The van der Waals surface area contributed by atoms with Crippen LogP contribution >= 0.6 is 0 Å².